The van der Waals surface area contributed by atoms with Crippen LogP contribution in [0.15, 0.2) is 57.3 Å². The Balaban J connectivity index is 1.59. The number of esters is 1. The van der Waals surface area contributed by atoms with Crippen molar-refractivity contribution in [2.24, 2.45) is 5.92 Å². The Morgan fingerprint density at radius 1 is 1.25 bits per heavy atom. The molecule has 3 atom stereocenters. The fraction of sp³-hybridized carbons (Fsp3) is 0.286. The number of aromatic nitrogens is 1. The summed E-state index contributed by atoms with van der Waals surface area (Å²) in [5.74, 6) is -2.91. The maximum atomic E-state index is 13.1. The first-order valence-corrected chi connectivity index (χ1v) is 12.1. The van der Waals surface area contributed by atoms with Gasteiger partial charge in [0.05, 0.1) is 11.5 Å². The number of aliphatic carboxylic acids is 1. The molecule has 11 heteroatoms. The van der Waals surface area contributed by atoms with E-state index < -0.39 is 39.3 Å². The Hall–Kier alpha value is -3.02. The number of ether oxygens (including phenoxy) is 1. The standard InChI is InChI=1S/C21H20N2O7S2/c1-3-29-19(24)15-11-14(22-30-15)16-9-10-17(31-16)32(27,28)23-21(20(25)26)12(2)18(21)13-7-5-4-6-8-13/h4-12,18,23H,3H2,1-2H3,(H,25,26). The van der Waals surface area contributed by atoms with Crippen molar-refractivity contribution in [2.45, 2.75) is 29.5 Å². The number of nitrogens with one attached hydrogen (secondary N) is 1. The van der Waals surface area contributed by atoms with Crippen LogP contribution in [0.25, 0.3) is 10.6 Å². The second kappa shape index (κ2) is 8.15. The van der Waals surface area contributed by atoms with Crippen molar-refractivity contribution in [3.8, 4) is 10.6 Å². The van der Waals surface area contributed by atoms with Crippen molar-refractivity contribution in [3.05, 3.63) is 59.9 Å². The predicted molar refractivity (Wildman–Crippen MR) is 115 cm³/mol. The van der Waals surface area contributed by atoms with Gasteiger partial charge in [0, 0.05) is 12.0 Å². The van der Waals surface area contributed by atoms with Crippen molar-refractivity contribution in [1.82, 2.24) is 9.88 Å². The zero-order valence-electron chi connectivity index (χ0n) is 17.1. The minimum atomic E-state index is -4.14. The summed E-state index contributed by atoms with van der Waals surface area (Å²) in [4.78, 5) is 24.3. The first-order chi connectivity index (χ1) is 15.2. The molecule has 1 aromatic carbocycles. The molecule has 0 amide bonds. The van der Waals surface area contributed by atoms with Crippen LogP contribution in [0.1, 0.15) is 35.9 Å². The van der Waals surface area contributed by atoms with Crippen LogP contribution in [-0.4, -0.2) is 42.8 Å². The molecule has 3 unspecified atom stereocenters. The zero-order chi connectivity index (χ0) is 23.1. The third-order valence-electron chi connectivity index (χ3n) is 5.50. The molecule has 0 saturated heterocycles. The maximum absolute atomic E-state index is 13.1. The van der Waals surface area contributed by atoms with E-state index in [1.807, 2.05) is 6.07 Å². The highest BCUT2D eigenvalue weighted by atomic mass is 32.2. The van der Waals surface area contributed by atoms with Gasteiger partial charge >= 0.3 is 11.9 Å². The first kappa shape index (κ1) is 22.2. The predicted octanol–water partition coefficient (Wildman–Crippen LogP) is 3.12. The van der Waals surface area contributed by atoms with Gasteiger partial charge in [0.25, 0.3) is 10.0 Å². The van der Waals surface area contributed by atoms with Crippen molar-refractivity contribution in [1.29, 1.82) is 0 Å². The summed E-state index contributed by atoms with van der Waals surface area (Å²) in [7, 11) is -4.14. The van der Waals surface area contributed by atoms with Gasteiger partial charge in [-0.1, -0.05) is 42.4 Å². The Kier molecular flexibility index (Phi) is 5.65. The third-order valence-corrected chi connectivity index (χ3v) is 8.58. The van der Waals surface area contributed by atoms with E-state index in [1.54, 1.807) is 38.1 Å². The number of nitrogens with zero attached hydrogens (tertiary/aromatic N) is 1. The van der Waals surface area contributed by atoms with Crippen LogP contribution in [0.5, 0.6) is 0 Å². The lowest BCUT2D eigenvalue weighted by Crippen LogP contribution is -2.45. The average molecular weight is 477 g/mol. The second-order valence-electron chi connectivity index (χ2n) is 7.37. The molecule has 0 bridgehead atoms. The number of carboxylic acids is 1. The summed E-state index contributed by atoms with van der Waals surface area (Å²) < 4.78 is 38.3. The summed E-state index contributed by atoms with van der Waals surface area (Å²) in [6.07, 6.45) is 0. The molecule has 2 heterocycles. The molecule has 0 aliphatic heterocycles. The molecule has 4 rings (SSSR count). The first-order valence-electron chi connectivity index (χ1n) is 9.77. The number of carbonyl (C=O) groups is 2. The SMILES string of the molecule is CCOC(=O)c1cc(-c2ccc(S(=O)(=O)NC3(C(=O)O)C(C)C3c3ccccc3)s2)no1. The molecule has 2 N–H and O–H groups in total. The fourth-order valence-electron chi connectivity index (χ4n) is 3.87. The molecule has 1 aliphatic carbocycles. The van der Waals surface area contributed by atoms with Crippen LogP contribution in [0, 0.1) is 5.92 Å². The topological polar surface area (TPSA) is 136 Å². The maximum Gasteiger partial charge on any atom is 0.377 e. The molecule has 9 nitrogen and oxygen atoms in total. The minimum Gasteiger partial charge on any atom is -0.480 e. The van der Waals surface area contributed by atoms with E-state index in [0.29, 0.717) is 4.88 Å². The van der Waals surface area contributed by atoms with E-state index in [-0.39, 0.29) is 22.3 Å². The van der Waals surface area contributed by atoms with Crippen LogP contribution in [-0.2, 0) is 19.6 Å². The van der Waals surface area contributed by atoms with Gasteiger partial charge in [-0.2, -0.15) is 4.72 Å². The number of hydrogen-bond donors (Lipinski definition) is 2. The Bertz CT molecular complexity index is 1270. The van der Waals surface area contributed by atoms with Gasteiger partial charge in [-0.3, -0.25) is 4.79 Å². The van der Waals surface area contributed by atoms with Crippen LogP contribution in [0.4, 0.5) is 0 Å². The van der Waals surface area contributed by atoms with E-state index >= 15 is 0 Å². The molecule has 1 saturated carbocycles. The number of rotatable bonds is 8. The lowest BCUT2D eigenvalue weighted by Gasteiger charge is -2.15. The fourth-order valence-corrected chi connectivity index (χ4v) is 6.58. The van der Waals surface area contributed by atoms with Crippen LogP contribution >= 0.6 is 11.3 Å². The summed E-state index contributed by atoms with van der Waals surface area (Å²) in [6.45, 7) is 3.54. The molecule has 1 aliphatic rings. The molecule has 2 aromatic heterocycles. The lowest BCUT2D eigenvalue weighted by atomic mass is 10.1. The smallest absolute Gasteiger partial charge is 0.377 e. The van der Waals surface area contributed by atoms with E-state index in [2.05, 4.69) is 9.88 Å². The molecule has 1 fully saturated rings. The number of carboxylic acid groups (broad SMARTS) is 1. The van der Waals surface area contributed by atoms with Gasteiger partial charge in [0.2, 0.25) is 5.76 Å². The van der Waals surface area contributed by atoms with Gasteiger partial charge in [-0.25, -0.2) is 13.2 Å². The Morgan fingerprint density at radius 2 is 1.97 bits per heavy atom. The minimum absolute atomic E-state index is 0.0697. The Labute approximate surface area is 188 Å². The van der Waals surface area contributed by atoms with Crippen molar-refractivity contribution in [3.63, 3.8) is 0 Å². The second-order valence-corrected chi connectivity index (χ2v) is 10.4. The van der Waals surface area contributed by atoms with Gasteiger partial charge in [0.1, 0.15) is 15.4 Å². The summed E-state index contributed by atoms with van der Waals surface area (Å²) in [5, 5.41) is 13.7. The normalized spacial score (nSPS) is 22.4. The average Bonchev–Trinajstić information content (AvgIpc) is 3.20. The molecular weight excluding hydrogens is 456 g/mol. The van der Waals surface area contributed by atoms with Gasteiger partial charge < -0.3 is 14.4 Å². The lowest BCUT2D eigenvalue weighted by molar-refractivity contribution is -0.140. The largest absolute Gasteiger partial charge is 0.480 e. The van der Waals surface area contributed by atoms with E-state index in [9.17, 15) is 23.1 Å². The van der Waals surface area contributed by atoms with Gasteiger partial charge in [-0.05, 0) is 30.5 Å². The van der Waals surface area contributed by atoms with E-state index in [4.69, 9.17) is 9.26 Å². The Morgan fingerprint density at radius 3 is 2.62 bits per heavy atom. The highest BCUT2D eigenvalue weighted by molar-refractivity contribution is 7.91. The van der Waals surface area contributed by atoms with E-state index in [0.717, 1.165) is 16.9 Å². The molecule has 168 valence electrons. The highest BCUT2D eigenvalue weighted by Gasteiger charge is 2.70. The highest BCUT2D eigenvalue weighted by Crippen LogP contribution is 2.58. The number of sulfonamides is 1. The number of thiophene rings is 1. The monoisotopic (exact) mass is 476 g/mol. The van der Waals surface area contributed by atoms with Crippen molar-refractivity contribution in [2.75, 3.05) is 6.61 Å². The third kappa shape index (κ3) is 3.72. The van der Waals surface area contributed by atoms with E-state index in [1.165, 1.54) is 18.2 Å². The molecule has 0 radical (unpaired) electrons. The van der Waals surface area contributed by atoms with Crippen molar-refractivity contribution >= 4 is 33.3 Å². The summed E-state index contributed by atoms with van der Waals surface area (Å²) in [5.41, 5.74) is -0.601. The van der Waals surface area contributed by atoms with Gasteiger partial charge in [0.15, 0.2) is 0 Å². The molecular formula is C21H20N2O7S2. The van der Waals surface area contributed by atoms with Crippen LogP contribution < -0.4 is 4.72 Å². The summed E-state index contributed by atoms with van der Waals surface area (Å²) in [6, 6.07) is 13.2. The molecule has 3 aromatic rings. The zero-order valence-corrected chi connectivity index (χ0v) is 18.8. The van der Waals surface area contributed by atoms with Gasteiger partial charge in [-0.15, -0.1) is 11.3 Å². The van der Waals surface area contributed by atoms with Crippen LogP contribution in [0.2, 0.25) is 0 Å². The quantitative estimate of drug-likeness (QED) is 0.473. The summed E-state index contributed by atoms with van der Waals surface area (Å²) >= 11 is 0.892. The van der Waals surface area contributed by atoms with Crippen LogP contribution in [0.3, 0.4) is 0 Å². The number of carbonyl (C=O) groups excluding carboxylic acids is 1. The molecule has 32 heavy (non-hydrogen) atoms. The number of benzene rings is 1. The molecule has 0 spiro atoms. The van der Waals surface area contributed by atoms with Crippen molar-refractivity contribution < 1.29 is 32.4 Å². The number of hydrogen-bond acceptors (Lipinski definition) is 8.